The molecule has 0 amide bonds. The monoisotopic (exact) mass is 444 g/mol. The van der Waals surface area contributed by atoms with Crippen molar-refractivity contribution >= 4 is 16.6 Å². The molecule has 4 nitrogen and oxygen atoms in total. The summed E-state index contributed by atoms with van der Waals surface area (Å²) in [5.41, 5.74) is -1.82. The molecule has 1 aliphatic heterocycles. The Bertz CT molecular complexity index is 1080. The summed E-state index contributed by atoms with van der Waals surface area (Å²) in [7, 11) is 0. The molecule has 2 atom stereocenters. The van der Waals surface area contributed by atoms with E-state index < -0.39 is 30.2 Å². The number of ether oxygens (including phenoxy) is 1. The van der Waals surface area contributed by atoms with Gasteiger partial charge >= 0.3 is 6.18 Å². The van der Waals surface area contributed by atoms with Gasteiger partial charge in [0, 0.05) is 28.2 Å². The molecule has 1 aliphatic rings. The molecule has 0 aliphatic carbocycles. The number of fused-ring (bicyclic) bond motifs is 2. The lowest BCUT2D eigenvalue weighted by atomic mass is 9.66. The number of para-hydroxylation sites is 1. The molecule has 4 rings (SSSR count). The standard InChI is InChI=1S/C25H27F3N2O2/c1-2-12-23(13-15-32-22-11-4-3-8-19(22)23)16-24(31,25(26,27)28)17-30-21-10-5-9-20-18(21)7-6-14-29-20/h3-11,14,30-31H,2,12-13,15-17H2,1H3. The number of anilines is 1. The number of nitrogens with zero attached hydrogens (tertiary/aromatic N) is 1. The molecule has 7 heteroatoms. The van der Waals surface area contributed by atoms with Gasteiger partial charge in [-0.3, -0.25) is 4.98 Å². The zero-order chi connectivity index (χ0) is 22.8. The summed E-state index contributed by atoms with van der Waals surface area (Å²) < 4.78 is 48.7. The van der Waals surface area contributed by atoms with Crippen molar-refractivity contribution in [1.29, 1.82) is 0 Å². The number of hydrogen-bond donors (Lipinski definition) is 2. The van der Waals surface area contributed by atoms with E-state index >= 15 is 0 Å². The highest BCUT2D eigenvalue weighted by atomic mass is 19.4. The van der Waals surface area contributed by atoms with Crippen LogP contribution in [-0.4, -0.2) is 35.0 Å². The summed E-state index contributed by atoms with van der Waals surface area (Å²) in [5, 5.41) is 14.7. The molecule has 32 heavy (non-hydrogen) atoms. The fourth-order valence-corrected chi connectivity index (χ4v) is 4.85. The molecule has 2 aromatic carbocycles. The first-order valence-corrected chi connectivity index (χ1v) is 10.9. The lowest BCUT2D eigenvalue weighted by Crippen LogP contribution is -2.55. The van der Waals surface area contributed by atoms with Crippen molar-refractivity contribution in [2.24, 2.45) is 0 Å². The second-order valence-corrected chi connectivity index (χ2v) is 8.56. The number of benzene rings is 2. The van der Waals surface area contributed by atoms with Gasteiger partial charge in [-0.05, 0) is 49.6 Å². The maximum absolute atomic E-state index is 14.3. The molecule has 2 N–H and O–H groups in total. The molecule has 0 spiro atoms. The molecular formula is C25H27F3N2O2. The van der Waals surface area contributed by atoms with Gasteiger partial charge in [-0.2, -0.15) is 13.2 Å². The van der Waals surface area contributed by atoms with Crippen LogP contribution in [0.4, 0.5) is 18.9 Å². The van der Waals surface area contributed by atoms with Crippen LogP contribution in [0.5, 0.6) is 5.75 Å². The third kappa shape index (κ3) is 4.13. The van der Waals surface area contributed by atoms with Gasteiger partial charge in [0.2, 0.25) is 0 Å². The summed E-state index contributed by atoms with van der Waals surface area (Å²) in [6.45, 7) is 1.63. The summed E-state index contributed by atoms with van der Waals surface area (Å²) in [5.74, 6) is 0.602. The molecule has 1 aromatic heterocycles. The minimum Gasteiger partial charge on any atom is -0.493 e. The topological polar surface area (TPSA) is 54.4 Å². The van der Waals surface area contributed by atoms with Crippen LogP contribution < -0.4 is 10.1 Å². The molecule has 3 aromatic rings. The zero-order valence-corrected chi connectivity index (χ0v) is 18.0. The van der Waals surface area contributed by atoms with Crippen LogP contribution in [0, 0.1) is 0 Å². The third-order valence-electron chi connectivity index (χ3n) is 6.40. The van der Waals surface area contributed by atoms with E-state index in [2.05, 4.69) is 10.3 Å². The SMILES string of the molecule is CCCC1(CC(O)(CNc2cccc3ncccc23)C(F)(F)F)CCOc2ccccc21. The molecule has 0 radical (unpaired) electrons. The molecule has 0 bridgehead atoms. The first-order valence-electron chi connectivity index (χ1n) is 10.9. The van der Waals surface area contributed by atoms with Gasteiger partial charge in [0.05, 0.1) is 18.7 Å². The highest BCUT2D eigenvalue weighted by molar-refractivity contribution is 5.91. The third-order valence-corrected chi connectivity index (χ3v) is 6.40. The number of hydrogen-bond acceptors (Lipinski definition) is 4. The normalized spacial score (nSPS) is 20.3. The van der Waals surface area contributed by atoms with Crippen molar-refractivity contribution in [1.82, 2.24) is 4.98 Å². The van der Waals surface area contributed by atoms with E-state index in [0.29, 0.717) is 48.2 Å². The first-order chi connectivity index (χ1) is 15.3. The Morgan fingerprint density at radius 3 is 2.69 bits per heavy atom. The van der Waals surface area contributed by atoms with Crippen molar-refractivity contribution < 1.29 is 23.0 Å². The van der Waals surface area contributed by atoms with Gasteiger partial charge in [0.25, 0.3) is 0 Å². The van der Waals surface area contributed by atoms with E-state index in [1.807, 2.05) is 25.1 Å². The maximum Gasteiger partial charge on any atom is 0.418 e. The minimum atomic E-state index is -4.81. The summed E-state index contributed by atoms with van der Waals surface area (Å²) >= 11 is 0. The number of aromatic nitrogens is 1. The second-order valence-electron chi connectivity index (χ2n) is 8.56. The van der Waals surface area contributed by atoms with Crippen LogP contribution in [0.25, 0.3) is 10.9 Å². The van der Waals surface area contributed by atoms with Gasteiger partial charge in [0.1, 0.15) is 5.75 Å². The largest absolute Gasteiger partial charge is 0.493 e. The van der Waals surface area contributed by atoms with Crippen molar-refractivity contribution in [3.05, 3.63) is 66.4 Å². The molecule has 0 saturated heterocycles. The lowest BCUT2D eigenvalue weighted by molar-refractivity contribution is -0.262. The number of rotatable bonds is 7. The van der Waals surface area contributed by atoms with Crippen molar-refractivity contribution in [3.63, 3.8) is 0 Å². The van der Waals surface area contributed by atoms with Gasteiger partial charge in [-0.25, -0.2) is 0 Å². The molecule has 0 saturated carbocycles. The van der Waals surface area contributed by atoms with Crippen molar-refractivity contribution in [2.45, 2.75) is 49.8 Å². The number of halogens is 3. The average molecular weight is 444 g/mol. The van der Waals surface area contributed by atoms with Crippen molar-refractivity contribution in [3.8, 4) is 5.75 Å². The second kappa shape index (κ2) is 8.62. The Morgan fingerprint density at radius 2 is 1.91 bits per heavy atom. The Morgan fingerprint density at radius 1 is 1.09 bits per heavy atom. The molecule has 170 valence electrons. The highest BCUT2D eigenvalue weighted by Gasteiger charge is 2.58. The number of pyridine rings is 1. The van der Waals surface area contributed by atoms with Crippen LogP contribution in [0.2, 0.25) is 0 Å². The fraction of sp³-hybridized carbons (Fsp3) is 0.400. The van der Waals surface area contributed by atoms with Crippen LogP contribution in [0.15, 0.2) is 60.8 Å². The molecule has 2 heterocycles. The Balaban J connectivity index is 1.68. The lowest BCUT2D eigenvalue weighted by Gasteiger charge is -2.44. The van der Waals surface area contributed by atoms with Crippen LogP contribution in [-0.2, 0) is 5.41 Å². The summed E-state index contributed by atoms with van der Waals surface area (Å²) in [4.78, 5) is 4.25. The quantitative estimate of drug-likeness (QED) is 0.480. The average Bonchev–Trinajstić information content (AvgIpc) is 2.77. The van der Waals surface area contributed by atoms with E-state index in [4.69, 9.17) is 4.74 Å². The van der Waals surface area contributed by atoms with Gasteiger partial charge in [-0.15, -0.1) is 0 Å². The molecule has 2 unspecified atom stereocenters. The van der Waals surface area contributed by atoms with E-state index in [9.17, 15) is 18.3 Å². The minimum absolute atomic E-state index is 0.327. The summed E-state index contributed by atoms with van der Waals surface area (Å²) in [6.07, 6.45) is -1.96. The Hall–Kier alpha value is -2.80. The van der Waals surface area contributed by atoms with Gasteiger partial charge in [-0.1, -0.05) is 37.6 Å². The predicted octanol–water partition coefficient (Wildman–Crippen LogP) is 5.85. The predicted molar refractivity (Wildman–Crippen MR) is 119 cm³/mol. The van der Waals surface area contributed by atoms with E-state index in [0.717, 1.165) is 5.56 Å². The van der Waals surface area contributed by atoms with E-state index in [1.54, 1.807) is 42.6 Å². The van der Waals surface area contributed by atoms with Crippen LogP contribution in [0.3, 0.4) is 0 Å². The molecule has 0 fully saturated rings. The number of nitrogens with one attached hydrogen (secondary N) is 1. The first kappa shape index (κ1) is 22.4. The zero-order valence-electron chi connectivity index (χ0n) is 18.0. The number of aliphatic hydroxyl groups is 1. The Kier molecular flexibility index (Phi) is 6.03. The van der Waals surface area contributed by atoms with Gasteiger partial charge in [0.15, 0.2) is 5.60 Å². The fourth-order valence-electron chi connectivity index (χ4n) is 4.85. The maximum atomic E-state index is 14.3. The highest BCUT2D eigenvalue weighted by Crippen LogP contribution is 2.50. The van der Waals surface area contributed by atoms with Crippen LogP contribution >= 0.6 is 0 Å². The van der Waals surface area contributed by atoms with Crippen molar-refractivity contribution in [2.75, 3.05) is 18.5 Å². The smallest absolute Gasteiger partial charge is 0.418 e. The number of alkyl halides is 3. The van der Waals surface area contributed by atoms with E-state index in [-0.39, 0.29) is 0 Å². The van der Waals surface area contributed by atoms with Crippen LogP contribution in [0.1, 0.15) is 38.2 Å². The van der Waals surface area contributed by atoms with E-state index in [1.165, 1.54) is 0 Å². The van der Waals surface area contributed by atoms with Gasteiger partial charge < -0.3 is 15.2 Å². The Labute approximate surface area is 185 Å². The molecular weight excluding hydrogens is 417 g/mol. The summed E-state index contributed by atoms with van der Waals surface area (Å²) in [6, 6.07) is 16.0.